The van der Waals surface area contributed by atoms with Gasteiger partial charge in [0.1, 0.15) is 0 Å². The minimum atomic E-state index is 0.411. The van der Waals surface area contributed by atoms with Crippen LogP contribution in [0.2, 0.25) is 0 Å². The third-order valence-corrected chi connectivity index (χ3v) is 4.75. The van der Waals surface area contributed by atoms with E-state index in [1.54, 1.807) is 0 Å². The van der Waals surface area contributed by atoms with Crippen molar-refractivity contribution in [3.8, 4) is 0 Å². The second-order valence-corrected chi connectivity index (χ2v) is 5.75. The molecule has 2 nitrogen and oxygen atoms in total. The van der Waals surface area contributed by atoms with Crippen molar-refractivity contribution in [2.45, 2.75) is 44.1 Å². The van der Waals surface area contributed by atoms with Gasteiger partial charge in [-0.2, -0.15) is 0 Å². The van der Waals surface area contributed by atoms with E-state index in [0.29, 0.717) is 5.54 Å². The summed E-state index contributed by atoms with van der Waals surface area (Å²) in [6.45, 7) is 0. The van der Waals surface area contributed by atoms with Crippen molar-refractivity contribution in [3.05, 3.63) is 0 Å². The third kappa shape index (κ3) is 1.08. The average molecular weight is 180 g/mol. The number of hydrazine groups is 1. The quantitative estimate of drug-likeness (QED) is 0.492. The van der Waals surface area contributed by atoms with Crippen LogP contribution in [0.4, 0.5) is 0 Å². The fourth-order valence-corrected chi connectivity index (χ4v) is 4.50. The van der Waals surface area contributed by atoms with Gasteiger partial charge < -0.3 is 0 Å². The Balaban J connectivity index is 1.91. The fraction of sp³-hybridized carbons (Fsp3) is 1.00. The van der Waals surface area contributed by atoms with Crippen LogP contribution in [0.25, 0.3) is 0 Å². The molecule has 0 spiro atoms. The number of nitrogens with zero attached hydrogens (tertiary/aromatic N) is 1. The van der Waals surface area contributed by atoms with E-state index in [1.807, 2.05) is 5.01 Å². The minimum absolute atomic E-state index is 0.411. The van der Waals surface area contributed by atoms with Crippen LogP contribution in [-0.4, -0.2) is 17.6 Å². The second-order valence-electron chi connectivity index (χ2n) is 5.75. The summed E-state index contributed by atoms with van der Waals surface area (Å²) in [5.74, 6) is 9.06. The van der Waals surface area contributed by atoms with E-state index in [-0.39, 0.29) is 0 Å². The Labute approximate surface area is 80.4 Å². The molecule has 0 aromatic rings. The fourth-order valence-electron chi connectivity index (χ4n) is 4.50. The van der Waals surface area contributed by atoms with Crippen LogP contribution in [0.1, 0.15) is 38.5 Å². The molecule has 13 heavy (non-hydrogen) atoms. The molecule has 4 fully saturated rings. The highest BCUT2D eigenvalue weighted by Crippen LogP contribution is 2.56. The molecule has 0 aromatic heterocycles. The zero-order valence-corrected chi connectivity index (χ0v) is 8.50. The Kier molecular flexibility index (Phi) is 1.58. The van der Waals surface area contributed by atoms with Gasteiger partial charge in [0.2, 0.25) is 0 Å². The van der Waals surface area contributed by atoms with E-state index >= 15 is 0 Å². The van der Waals surface area contributed by atoms with Gasteiger partial charge in [0.05, 0.1) is 0 Å². The van der Waals surface area contributed by atoms with Crippen LogP contribution in [0, 0.1) is 17.8 Å². The number of hydrogen-bond donors (Lipinski definition) is 1. The average Bonchev–Trinajstić information content (AvgIpc) is 2.00. The molecule has 0 heterocycles. The third-order valence-electron chi connectivity index (χ3n) is 4.75. The zero-order valence-electron chi connectivity index (χ0n) is 8.50. The molecule has 0 unspecified atom stereocenters. The molecule has 74 valence electrons. The molecule has 0 amide bonds. The van der Waals surface area contributed by atoms with Gasteiger partial charge in [-0.1, -0.05) is 0 Å². The Hall–Kier alpha value is -0.0800. The van der Waals surface area contributed by atoms with E-state index in [4.69, 9.17) is 5.84 Å². The molecular formula is C11H20N2. The molecule has 4 bridgehead atoms. The van der Waals surface area contributed by atoms with Crippen LogP contribution in [0.15, 0.2) is 0 Å². The summed E-state index contributed by atoms with van der Waals surface area (Å²) >= 11 is 0. The molecule has 2 N–H and O–H groups in total. The monoisotopic (exact) mass is 180 g/mol. The largest absolute Gasteiger partial charge is 0.269 e. The van der Waals surface area contributed by atoms with Gasteiger partial charge in [-0.05, 0) is 56.3 Å². The van der Waals surface area contributed by atoms with Crippen LogP contribution in [0.3, 0.4) is 0 Å². The lowest BCUT2D eigenvalue weighted by Crippen LogP contribution is -2.60. The lowest BCUT2D eigenvalue weighted by atomic mass is 9.53. The summed E-state index contributed by atoms with van der Waals surface area (Å²) in [5.41, 5.74) is 0.411. The van der Waals surface area contributed by atoms with Crippen molar-refractivity contribution in [2.75, 3.05) is 7.05 Å². The van der Waals surface area contributed by atoms with Gasteiger partial charge in [-0.3, -0.25) is 5.84 Å². The Morgan fingerprint density at radius 2 is 1.38 bits per heavy atom. The molecule has 4 rings (SSSR count). The highest BCUT2D eigenvalue weighted by molar-refractivity contribution is 5.05. The van der Waals surface area contributed by atoms with Gasteiger partial charge in [-0.25, -0.2) is 5.01 Å². The van der Waals surface area contributed by atoms with Crippen molar-refractivity contribution in [2.24, 2.45) is 23.6 Å². The Bertz CT molecular complexity index is 187. The smallest absolute Gasteiger partial charge is 0.0356 e. The molecule has 0 atom stereocenters. The topological polar surface area (TPSA) is 29.3 Å². The van der Waals surface area contributed by atoms with Gasteiger partial charge >= 0.3 is 0 Å². The maximum absolute atomic E-state index is 6.02. The van der Waals surface area contributed by atoms with Crippen molar-refractivity contribution in [1.29, 1.82) is 0 Å². The molecule has 4 saturated carbocycles. The molecule has 4 aliphatic rings. The van der Waals surface area contributed by atoms with Crippen LogP contribution < -0.4 is 5.84 Å². The predicted octanol–water partition coefficient (Wildman–Crippen LogP) is 1.76. The molecule has 0 radical (unpaired) electrons. The lowest BCUT2D eigenvalue weighted by molar-refractivity contribution is -0.0798. The molecule has 0 aromatic carbocycles. The molecule has 2 heteroatoms. The minimum Gasteiger partial charge on any atom is -0.269 e. The van der Waals surface area contributed by atoms with Crippen molar-refractivity contribution < 1.29 is 0 Å². The highest BCUT2D eigenvalue weighted by Gasteiger charge is 2.52. The summed E-state index contributed by atoms with van der Waals surface area (Å²) in [6, 6.07) is 0. The normalized spacial score (nSPS) is 53.3. The standard InChI is InChI=1S/C11H20N2/c1-13(12)11-5-8-2-9(6-11)4-10(3-8)7-11/h8-10H,2-7,12H2,1H3. The van der Waals surface area contributed by atoms with E-state index in [2.05, 4.69) is 7.05 Å². The summed E-state index contributed by atoms with van der Waals surface area (Å²) < 4.78 is 0. The molecular weight excluding hydrogens is 160 g/mol. The first kappa shape index (κ1) is 8.25. The molecule has 0 aliphatic heterocycles. The summed E-state index contributed by atoms with van der Waals surface area (Å²) in [6.07, 6.45) is 8.66. The van der Waals surface area contributed by atoms with E-state index in [9.17, 15) is 0 Å². The first-order chi connectivity index (χ1) is 6.18. The van der Waals surface area contributed by atoms with E-state index in [1.165, 1.54) is 38.5 Å². The molecule has 4 aliphatic carbocycles. The van der Waals surface area contributed by atoms with Crippen LogP contribution in [0.5, 0.6) is 0 Å². The lowest BCUT2D eigenvalue weighted by Gasteiger charge is -2.58. The van der Waals surface area contributed by atoms with E-state index < -0.39 is 0 Å². The first-order valence-electron chi connectivity index (χ1n) is 5.66. The van der Waals surface area contributed by atoms with Gasteiger partial charge in [0, 0.05) is 12.6 Å². The Morgan fingerprint density at radius 3 is 1.69 bits per heavy atom. The maximum atomic E-state index is 6.02. The predicted molar refractivity (Wildman–Crippen MR) is 52.9 cm³/mol. The van der Waals surface area contributed by atoms with Crippen molar-refractivity contribution in [3.63, 3.8) is 0 Å². The van der Waals surface area contributed by atoms with Crippen LogP contribution in [-0.2, 0) is 0 Å². The first-order valence-corrected chi connectivity index (χ1v) is 5.66. The number of hydrogen-bond acceptors (Lipinski definition) is 2. The van der Waals surface area contributed by atoms with E-state index in [0.717, 1.165) is 17.8 Å². The van der Waals surface area contributed by atoms with Crippen molar-refractivity contribution >= 4 is 0 Å². The van der Waals surface area contributed by atoms with Gasteiger partial charge in [0.15, 0.2) is 0 Å². The zero-order chi connectivity index (χ0) is 9.05. The van der Waals surface area contributed by atoms with Crippen LogP contribution >= 0.6 is 0 Å². The Morgan fingerprint density at radius 1 is 1.00 bits per heavy atom. The molecule has 0 saturated heterocycles. The SMILES string of the molecule is CN(N)C12CC3CC(CC(C3)C1)C2. The summed E-state index contributed by atoms with van der Waals surface area (Å²) in [5, 5.41) is 2.04. The van der Waals surface area contributed by atoms with Crippen molar-refractivity contribution in [1.82, 2.24) is 5.01 Å². The maximum Gasteiger partial charge on any atom is 0.0356 e. The number of nitrogens with two attached hydrogens (primary N) is 1. The summed E-state index contributed by atoms with van der Waals surface area (Å²) in [4.78, 5) is 0. The highest BCUT2D eigenvalue weighted by atomic mass is 15.4. The second kappa shape index (κ2) is 2.48. The van der Waals surface area contributed by atoms with Gasteiger partial charge in [0.25, 0.3) is 0 Å². The summed E-state index contributed by atoms with van der Waals surface area (Å²) in [7, 11) is 2.08. The van der Waals surface area contributed by atoms with Gasteiger partial charge in [-0.15, -0.1) is 0 Å². The number of rotatable bonds is 1.